The molecule has 7 heteroatoms. The maximum atomic E-state index is 5.94. The van der Waals surface area contributed by atoms with E-state index in [0.717, 1.165) is 57.6 Å². The van der Waals surface area contributed by atoms with Crippen LogP contribution in [0.2, 0.25) is 5.02 Å². The summed E-state index contributed by atoms with van der Waals surface area (Å²) < 4.78 is 17.1. The zero-order valence-electron chi connectivity index (χ0n) is 14.8. The zero-order chi connectivity index (χ0) is 17.8. The Bertz CT molecular complexity index is 676. The van der Waals surface area contributed by atoms with Crippen LogP contribution in [0.5, 0.6) is 0 Å². The van der Waals surface area contributed by atoms with E-state index < -0.39 is 0 Å². The monoisotopic (exact) mass is 377 g/mol. The van der Waals surface area contributed by atoms with E-state index >= 15 is 0 Å². The van der Waals surface area contributed by atoms with Crippen molar-refractivity contribution in [1.29, 1.82) is 0 Å². The Morgan fingerprint density at radius 3 is 2.23 bits per heavy atom. The molecule has 0 bridgehead atoms. The highest BCUT2D eigenvalue weighted by Gasteiger charge is 2.25. The maximum absolute atomic E-state index is 5.94. The Morgan fingerprint density at radius 1 is 1.00 bits per heavy atom. The smallest absolute Gasteiger partial charge is 0.257 e. The van der Waals surface area contributed by atoms with Crippen LogP contribution in [-0.4, -0.2) is 53.6 Å². The van der Waals surface area contributed by atoms with Gasteiger partial charge < -0.3 is 14.0 Å². The van der Waals surface area contributed by atoms with Gasteiger partial charge in [-0.15, -0.1) is 0 Å². The molecule has 3 heterocycles. The molecule has 4 rings (SSSR count). The van der Waals surface area contributed by atoms with Gasteiger partial charge in [0.15, 0.2) is 5.82 Å². The molecule has 2 aliphatic heterocycles. The van der Waals surface area contributed by atoms with E-state index in [0.29, 0.717) is 35.5 Å². The second-order valence-corrected chi connectivity index (χ2v) is 7.42. The lowest BCUT2D eigenvalue weighted by Gasteiger charge is -2.26. The van der Waals surface area contributed by atoms with Crippen LogP contribution in [0.1, 0.15) is 31.5 Å². The SMILES string of the molecule is Clc1ccc(-c2nc(CN(C[C@@H]3CCCO3)C[C@@H]3CCCO3)no2)cc1. The number of hydrogen-bond acceptors (Lipinski definition) is 6. The number of benzene rings is 1. The average molecular weight is 378 g/mol. The van der Waals surface area contributed by atoms with Crippen molar-refractivity contribution in [3.05, 3.63) is 35.1 Å². The van der Waals surface area contributed by atoms with E-state index in [-0.39, 0.29) is 0 Å². The second kappa shape index (κ2) is 8.48. The van der Waals surface area contributed by atoms with Crippen LogP contribution < -0.4 is 0 Å². The van der Waals surface area contributed by atoms with Gasteiger partial charge in [0.25, 0.3) is 5.89 Å². The molecular formula is C19H24ClN3O3. The summed E-state index contributed by atoms with van der Waals surface area (Å²) in [7, 11) is 0. The highest BCUT2D eigenvalue weighted by atomic mass is 35.5. The Kier molecular flexibility index (Phi) is 5.84. The molecule has 2 atom stereocenters. The minimum atomic E-state index is 0.291. The summed E-state index contributed by atoms with van der Waals surface area (Å²) in [5, 5.41) is 4.85. The predicted molar refractivity (Wildman–Crippen MR) is 98.0 cm³/mol. The third-order valence-electron chi connectivity index (χ3n) is 4.90. The van der Waals surface area contributed by atoms with Crippen molar-refractivity contribution >= 4 is 11.6 Å². The molecule has 1 aromatic carbocycles. The van der Waals surface area contributed by atoms with E-state index in [1.807, 2.05) is 24.3 Å². The van der Waals surface area contributed by atoms with Gasteiger partial charge in [-0.2, -0.15) is 4.98 Å². The Labute approximate surface area is 158 Å². The number of halogens is 1. The summed E-state index contributed by atoms with van der Waals surface area (Å²) in [5.74, 6) is 1.21. The molecule has 2 fully saturated rings. The molecule has 1 aromatic heterocycles. The van der Waals surface area contributed by atoms with E-state index in [4.69, 9.17) is 25.6 Å². The van der Waals surface area contributed by atoms with Gasteiger partial charge in [-0.25, -0.2) is 0 Å². The van der Waals surface area contributed by atoms with Gasteiger partial charge in [0.2, 0.25) is 0 Å². The number of ether oxygens (including phenoxy) is 2. The van der Waals surface area contributed by atoms with Crippen molar-refractivity contribution in [3.8, 4) is 11.5 Å². The standard InChI is InChI=1S/C19H24ClN3O3/c20-15-7-5-14(6-8-15)19-21-18(22-26-19)13-23(11-16-3-1-9-24-16)12-17-4-2-10-25-17/h5-8,16-17H,1-4,9-13H2/t16-,17-/m0/s1. The van der Waals surface area contributed by atoms with Crippen molar-refractivity contribution in [2.75, 3.05) is 26.3 Å². The van der Waals surface area contributed by atoms with Crippen LogP contribution in [0.15, 0.2) is 28.8 Å². The van der Waals surface area contributed by atoms with Crippen molar-refractivity contribution in [2.24, 2.45) is 0 Å². The minimum Gasteiger partial charge on any atom is -0.377 e. The normalized spacial score (nSPS) is 23.2. The van der Waals surface area contributed by atoms with Crippen LogP contribution >= 0.6 is 11.6 Å². The lowest BCUT2D eigenvalue weighted by atomic mass is 10.2. The molecular weight excluding hydrogens is 354 g/mol. The molecule has 0 aliphatic carbocycles. The van der Waals surface area contributed by atoms with Crippen molar-refractivity contribution in [3.63, 3.8) is 0 Å². The first-order valence-electron chi connectivity index (χ1n) is 9.30. The second-order valence-electron chi connectivity index (χ2n) is 6.99. The lowest BCUT2D eigenvalue weighted by Crippen LogP contribution is -2.37. The Morgan fingerprint density at radius 2 is 1.65 bits per heavy atom. The van der Waals surface area contributed by atoms with Crippen LogP contribution in [0.25, 0.3) is 11.5 Å². The lowest BCUT2D eigenvalue weighted by molar-refractivity contribution is 0.0334. The van der Waals surface area contributed by atoms with Crippen LogP contribution in [0.3, 0.4) is 0 Å². The van der Waals surface area contributed by atoms with E-state index in [1.165, 1.54) is 0 Å². The molecule has 0 amide bonds. The molecule has 140 valence electrons. The summed E-state index contributed by atoms with van der Waals surface area (Å²) in [5.41, 5.74) is 0.873. The molecule has 0 unspecified atom stereocenters. The van der Waals surface area contributed by atoms with Gasteiger partial charge >= 0.3 is 0 Å². The zero-order valence-corrected chi connectivity index (χ0v) is 15.5. The third-order valence-corrected chi connectivity index (χ3v) is 5.15. The van der Waals surface area contributed by atoms with Gasteiger partial charge in [-0.3, -0.25) is 4.90 Å². The molecule has 0 spiro atoms. The van der Waals surface area contributed by atoms with E-state index in [9.17, 15) is 0 Å². The molecule has 2 saturated heterocycles. The van der Waals surface area contributed by atoms with Gasteiger partial charge in [-0.1, -0.05) is 16.8 Å². The van der Waals surface area contributed by atoms with Crippen LogP contribution in [0, 0.1) is 0 Å². The maximum Gasteiger partial charge on any atom is 0.257 e. The topological polar surface area (TPSA) is 60.6 Å². The van der Waals surface area contributed by atoms with Gasteiger partial charge in [0, 0.05) is 36.9 Å². The summed E-state index contributed by atoms with van der Waals surface area (Å²) in [6, 6.07) is 7.41. The molecule has 26 heavy (non-hydrogen) atoms. The van der Waals surface area contributed by atoms with E-state index in [2.05, 4.69) is 15.0 Å². The van der Waals surface area contributed by atoms with Gasteiger partial charge in [0.05, 0.1) is 18.8 Å². The highest BCUT2D eigenvalue weighted by molar-refractivity contribution is 6.30. The first-order chi connectivity index (χ1) is 12.8. The fraction of sp³-hybridized carbons (Fsp3) is 0.579. The summed E-state index contributed by atoms with van der Waals surface area (Å²) in [4.78, 5) is 6.89. The van der Waals surface area contributed by atoms with Crippen molar-refractivity contribution < 1.29 is 14.0 Å². The number of rotatable bonds is 7. The summed E-state index contributed by atoms with van der Waals surface area (Å²) >= 11 is 5.94. The molecule has 2 aliphatic rings. The fourth-order valence-corrected chi connectivity index (χ4v) is 3.71. The molecule has 2 aromatic rings. The fourth-order valence-electron chi connectivity index (χ4n) is 3.58. The predicted octanol–water partition coefficient (Wildman–Crippen LogP) is 3.55. The molecule has 0 N–H and O–H groups in total. The first kappa shape index (κ1) is 17.9. The highest BCUT2D eigenvalue weighted by Crippen LogP contribution is 2.22. The molecule has 0 saturated carbocycles. The first-order valence-corrected chi connectivity index (χ1v) is 9.68. The van der Waals surface area contributed by atoms with E-state index in [1.54, 1.807) is 0 Å². The minimum absolute atomic E-state index is 0.291. The quantitative estimate of drug-likeness (QED) is 0.735. The van der Waals surface area contributed by atoms with Crippen molar-refractivity contribution in [2.45, 2.75) is 44.4 Å². The summed E-state index contributed by atoms with van der Waals surface area (Å²) in [6.07, 6.45) is 5.09. The largest absolute Gasteiger partial charge is 0.377 e. The van der Waals surface area contributed by atoms with Crippen LogP contribution in [0.4, 0.5) is 0 Å². The number of nitrogens with zero attached hydrogens (tertiary/aromatic N) is 3. The average Bonchev–Trinajstić information content (AvgIpc) is 3.38. The Balaban J connectivity index is 1.42. The van der Waals surface area contributed by atoms with Gasteiger partial charge in [-0.05, 0) is 49.9 Å². The molecule has 0 radical (unpaired) electrons. The number of hydrogen-bond donors (Lipinski definition) is 0. The summed E-state index contributed by atoms with van der Waals surface area (Å²) in [6.45, 7) is 4.12. The van der Waals surface area contributed by atoms with Gasteiger partial charge in [0.1, 0.15) is 0 Å². The molecule has 6 nitrogen and oxygen atoms in total. The van der Waals surface area contributed by atoms with Crippen LogP contribution in [-0.2, 0) is 16.0 Å². The van der Waals surface area contributed by atoms with Crippen molar-refractivity contribution in [1.82, 2.24) is 15.0 Å². The number of aromatic nitrogens is 2. The third kappa shape index (κ3) is 4.62. The Hall–Kier alpha value is -1.47.